The molecule has 0 amide bonds. The maximum atomic E-state index is 12.2. The van der Waals surface area contributed by atoms with E-state index in [2.05, 4.69) is 0 Å². The lowest BCUT2D eigenvalue weighted by molar-refractivity contribution is 0.0955. The van der Waals surface area contributed by atoms with Crippen LogP contribution in [0.4, 0.5) is 0 Å². The number of carbonyl (C=O) groups is 2. The lowest BCUT2D eigenvalue weighted by Crippen LogP contribution is -2.04. The molecule has 0 atom stereocenters. The minimum absolute atomic E-state index is 0.0824. The second kappa shape index (κ2) is 7.89. The maximum absolute atomic E-state index is 12.2. The van der Waals surface area contributed by atoms with E-state index in [0.29, 0.717) is 21.2 Å². The van der Waals surface area contributed by atoms with Gasteiger partial charge in [0.25, 0.3) is 0 Å². The molecule has 0 aromatic heterocycles. The highest BCUT2D eigenvalue weighted by molar-refractivity contribution is 6.32. The Morgan fingerprint density at radius 2 is 1.16 bits per heavy atom. The van der Waals surface area contributed by atoms with Gasteiger partial charge in [-0.15, -0.1) is 0 Å². The number of phenols is 2. The number of halogens is 2. The fourth-order valence-electron chi connectivity index (χ4n) is 2.46. The molecule has 0 saturated carbocycles. The molecule has 0 aliphatic rings. The van der Waals surface area contributed by atoms with E-state index in [1.165, 1.54) is 24.3 Å². The average Bonchev–Trinajstić information content (AvgIpc) is 2.54. The molecule has 2 aromatic rings. The van der Waals surface area contributed by atoms with Crippen LogP contribution in [-0.2, 0) is 0 Å². The molecule has 132 valence electrons. The van der Waals surface area contributed by atoms with Gasteiger partial charge in [0.15, 0.2) is 11.6 Å². The molecule has 25 heavy (non-hydrogen) atoms. The molecule has 0 spiro atoms. The summed E-state index contributed by atoms with van der Waals surface area (Å²) in [6, 6.07) is 5.74. The number of aryl methyl sites for hydroxylation is 2. The molecule has 0 radical (unpaired) electrons. The molecule has 0 aliphatic heterocycles. The third-order valence-corrected chi connectivity index (χ3v) is 4.78. The zero-order valence-electron chi connectivity index (χ0n) is 13.9. The number of aromatic hydroxyl groups is 2. The minimum atomic E-state index is -0.293. The van der Waals surface area contributed by atoms with Gasteiger partial charge in [0, 0.05) is 22.9 Å². The van der Waals surface area contributed by atoms with Gasteiger partial charge in [-0.2, -0.15) is 0 Å². The molecule has 0 heterocycles. The van der Waals surface area contributed by atoms with Crippen LogP contribution in [0.15, 0.2) is 24.3 Å². The lowest BCUT2D eigenvalue weighted by atomic mass is 9.99. The van der Waals surface area contributed by atoms with Crippen molar-refractivity contribution >= 4 is 34.8 Å². The van der Waals surface area contributed by atoms with E-state index in [1.807, 2.05) is 0 Å². The molecule has 0 unspecified atom stereocenters. The summed E-state index contributed by atoms with van der Waals surface area (Å²) in [6.07, 6.45) is 0.450. The highest BCUT2D eigenvalue weighted by Crippen LogP contribution is 2.29. The second-order valence-corrected chi connectivity index (χ2v) is 6.75. The Bertz CT molecular complexity index is 774. The summed E-state index contributed by atoms with van der Waals surface area (Å²) in [4.78, 5) is 24.4. The van der Waals surface area contributed by atoms with Crippen LogP contribution in [0.1, 0.15) is 51.1 Å². The number of hydrogen-bond donors (Lipinski definition) is 2. The van der Waals surface area contributed by atoms with Crippen LogP contribution in [0.2, 0.25) is 10.0 Å². The average molecular weight is 381 g/mol. The molecule has 2 aromatic carbocycles. The van der Waals surface area contributed by atoms with Crippen LogP contribution in [0.3, 0.4) is 0 Å². The van der Waals surface area contributed by atoms with Gasteiger partial charge in [-0.05, 0) is 55.7 Å². The van der Waals surface area contributed by atoms with Crippen molar-refractivity contribution in [1.82, 2.24) is 0 Å². The second-order valence-electron chi connectivity index (χ2n) is 5.94. The smallest absolute Gasteiger partial charge is 0.166 e. The SMILES string of the molecule is Cc1cc(O)c(C(=O)CCCC(=O)c2cc(Cl)c(C)cc2O)cc1Cl. The monoisotopic (exact) mass is 380 g/mol. The lowest BCUT2D eigenvalue weighted by Gasteiger charge is -2.08. The van der Waals surface area contributed by atoms with Crippen molar-refractivity contribution in [1.29, 1.82) is 0 Å². The van der Waals surface area contributed by atoms with Gasteiger partial charge in [0.2, 0.25) is 0 Å². The van der Waals surface area contributed by atoms with Crippen molar-refractivity contribution in [2.24, 2.45) is 0 Å². The van der Waals surface area contributed by atoms with Crippen molar-refractivity contribution in [2.75, 3.05) is 0 Å². The van der Waals surface area contributed by atoms with Crippen LogP contribution in [0, 0.1) is 13.8 Å². The van der Waals surface area contributed by atoms with E-state index >= 15 is 0 Å². The van der Waals surface area contributed by atoms with E-state index in [-0.39, 0.29) is 53.5 Å². The quantitative estimate of drug-likeness (QED) is 0.670. The van der Waals surface area contributed by atoms with Crippen molar-refractivity contribution < 1.29 is 19.8 Å². The number of rotatable bonds is 6. The topological polar surface area (TPSA) is 74.6 Å². The summed E-state index contributed by atoms with van der Waals surface area (Å²) < 4.78 is 0. The van der Waals surface area contributed by atoms with Gasteiger partial charge < -0.3 is 10.2 Å². The molecule has 6 heteroatoms. The summed E-state index contributed by atoms with van der Waals surface area (Å²) >= 11 is 12.0. The highest BCUT2D eigenvalue weighted by atomic mass is 35.5. The third kappa shape index (κ3) is 4.53. The fourth-order valence-corrected chi connectivity index (χ4v) is 2.79. The first kappa shape index (κ1) is 19.3. The molecule has 2 N–H and O–H groups in total. The molecule has 2 rings (SSSR count). The Morgan fingerprint density at radius 3 is 1.52 bits per heavy atom. The fraction of sp³-hybridized carbons (Fsp3) is 0.263. The predicted octanol–water partition coefficient (Wildman–Crippen LogP) is 5.26. The van der Waals surface area contributed by atoms with Crippen LogP contribution >= 0.6 is 23.2 Å². The zero-order valence-corrected chi connectivity index (χ0v) is 15.4. The van der Waals surface area contributed by atoms with E-state index in [0.717, 1.165) is 0 Å². The first-order chi connectivity index (χ1) is 11.7. The largest absolute Gasteiger partial charge is 0.507 e. The Hall–Kier alpha value is -2.04. The van der Waals surface area contributed by atoms with E-state index in [4.69, 9.17) is 23.2 Å². The summed E-state index contributed by atoms with van der Waals surface area (Å²) in [7, 11) is 0. The standard InChI is InChI=1S/C19H18Cl2O4/c1-10-6-18(24)12(8-14(10)20)16(22)4-3-5-17(23)13-9-15(21)11(2)7-19(13)25/h6-9,24-25H,3-5H2,1-2H3. The Morgan fingerprint density at radius 1 is 0.800 bits per heavy atom. The van der Waals surface area contributed by atoms with Gasteiger partial charge in [0.05, 0.1) is 11.1 Å². The van der Waals surface area contributed by atoms with Gasteiger partial charge in [-0.25, -0.2) is 0 Å². The van der Waals surface area contributed by atoms with Crippen LogP contribution in [-0.4, -0.2) is 21.8 Å². The minimum Gasteiger partial charge on any atom is -0.507 e. The van der Waals surface area contributed by atoms with Gasteiger partial charge in [-0.3, -0.25) is 9.59 Å². The van der Waals surface area contributed by atoms with Crippen LogP contribution in [0.25, 0.3) is 0 Å². The summed E-state index contributed by atoms with van der Waals surface area (Å²) in [5.41, 5.74) is 1.64. The molecule has 0 aliphatic carbocycles. The summed E-state index contributed by atoms with van der Waals surface area (Å²) in [5.74, 6) is -0.834. The number of carbonyl (C=O) groups excluding carboxylic acids is 2. The molecular formula is C19H18Cl2O4. The number of hydrogen-bond acceptors (Lipinski definition) is 4. The summed E-state index contributed by atoms with van der Waals surface area (Å²) in [5, 5.41) is 20.5. The number of benzene rings is 2. The Balaban J connectivity index is 2.01. The van der Waals surface area contributed by atoms with Crippen LogP contribution < -0.4 is 0 Å². The highest BCUT2D eigenvalue weighted by Gasteiger charge is 2.16. The van der Waals surface area contributed by atoms with E-state index in [1.54, 1.807) is 13.8 Å². The maximum Gasteiger partial charge on any atom is 0.166 e. The molecular weight excluding hydrogens is 363 g/mol. The van der Waals surface area contributed by atoms with Gasteiger partial charge >= 0.3 is 0 Å². The van der Waals surface area contributed by atoms with Crippen molar-refractivity contribution in [3.05, 3.63) is 56.6 Å². The van der Waals surface area contributed by atoms with Crippen molar-refractivity contribution in [3.8, 4) is 11.5 Å². The van der Waals surface area contributed by atoms with Gasteiger partial charge in [-0.1, -0.05) is 23.2 Å². The first-order valence-corrected chi connectivity index (χ1v) is 8.51. The molecule has 0 bridgehead atoms. The van der Waals surface area contributed by atoms with Crippen molar-refractivity contribution in [3.63, 3.8) is 0 Å². The van der Waals surface area contributed by atoms with E-state index in [9.17, 15) is 19.8 Å². The van der Waals surface area contributed by atoms with E-state index < -0.39 is 0 Å². The Labute approximate surface area is 156 Å². The summed E-state index contributed by atoms with van der Waals surface area (Å²) in [6.45, 7) is 3.46. The molecule has 4 nitrogen and oxygen atoms in total. The number of phenolic OH excluding ortho intramolecular Hbond substituents is 2. The third-order valence-electron chi connectivity index (χ3n) is 3.96. The normalized spacial score (nSPS) is 10.7. The van der Waals surface area contributed by atoms with Crippen LogP contribution in [0.5, 0.6) is 11.5 Å². The number of Topliss-reactive ketones (excluding diaryl/α,β-unsaturated/α-hetero) is 2. The first-order valence-electron chi connectivity index (χ1n) is 7.75. The molecule has 0 fully saturated rings. The van der Waals surface area contributed by atoms with Crippen molar-refractivity contribution in [2.45, 2.75) is 33.1 Å². The Kier molecular flexibility index (Phi) is 6.09. The molecule has 0 saturated heterocycles. The number of ketones is 2. The van der Waals surface area contributed by atoms with Gasteiger partial charge in [0.1, 0.15) is 11.5 Å². The predicted molar refractivity (Wildman–Crippen MR) is 98.2 cm³/mol. The zero-order chi connectivity index (χ0) is 18.7.